The third-order valence-corrected chi connectivity index (χ3v) is 3.63. The van der Waals surface area contributed by atoms with Crippen molar-refractivity contribution >= 4 is 11.9 Å². The molecule has 0 aliphatic carbocycles. The first-order valence-electron chi connectivity index (χ1n) is 7.11. The van der Waals surface area contributed by atoms with Crippen LogP contribution in [0, 0.1) is 0 Å². The predicted molar refractivity (Wildman–Crippen MR) is 73.7 cm³/mol. The molecule has 0 aromatic carbocycles. The van der Waals surface area contributed by atoms with Crippen molar-refractivity contribution in [1.29, 1.82) is 0 Å². The van der Waals surface area contributed by atoms with Gasteiger partial charge in [0.1, 0.15) is 6.04 Å². The average Bonchev–Trinajstić information content (AvgIpc) is 2.76. The van der Waals surface area contributed by atoms with Gasteiger partial charge in [-0.25, -0.2) is 0 Å². The zero-order valence-electron chi connectivity index (χ0n) is 12.5. The number of carbonyl (C=O) groups is 2. The van der Waals surface area contributed by atoms with E-state index >= 15 is 0 Å². The Morgan fingerprint density at radius 1 is 1.37 bits per heavy atom. The molecule has 1 amide bonds. The maximum atomic E-state index is 12.0. The Balaban J connectivity index is 2.51. The molecule has 0 bridgehead atoms. The summed E-state index contributed by atoms with van der Waals surface area (Å²) < 4.78 is 5.05. The quantitative estimate of drug-likeness (QED) is 0.740. The van der Waals surface area contributed by atoms with Gasteiger partial charge in [-0.05, 0) is 46.6 Å². The molecule has 1 aliphatic heterocycles. The molecule has 1 aliphatic rings. The Hall–Kier alpha value is -1.10. The van der Waals surface area contributed by atoms with Gasteiger partial charge in [-0.3, -0.25) is 14.5 Å². The van der Waals surface area contributed by atoms with Crippen molar-refractivity contribution in [3.05, 3.63) is 0 Å². The third kappa shape index (κ3) is 4.82. The van der Waals surface area contributed by atoms with E-state index in [0.29, 0.717) is 6.61 Å². The van der Waals surface area contributed by atoms with E-state index in [-0.39, 0.29) is 30.0 Å². The normalized spacial score (nSPS) is 20.3. The molecule has 1 N–H and O–H groups in total. The van der Waals surface area contributed by atoms with Crippen LogP contribution >= 0.6 is 0 Å². The van der Waals surface area contributed by atoms with Crippen LogP contribution in [0.1, 0.15) is 47.0 Å². The molecule has 110 valence electrons. The molecule has 1 saturated heterocycles. The fourth-order valence-corrected chi connectivity index (χ4v) is 2.21. The van der Waals surface area contributed by atoms with Crippen molar-refractivity contribution in [3.8, 4) is 0 Å². The third-order valence-electron chi connectivity index (χ3n) is 3.63. The van der Waals surface area contributed by atoms with Gasteiger partial charge >= 0.3 is 5.97 Å². The number of esters is 1. The zero-order chi connectivity index (χ0) is 14.5. The Morgan fingerprint density at radius 2 is 2.05 bits per heavy atom. The summed E-state index contributed by atoms with van der Waals surface area (Å²) in [6, 6.07) is -0.254. The molecule has 5 heteroatoms. The summed E-state index contributed by atoms with van der Waals surface area (Å²) in [6.07, 6.45) is 2.59. The number of hydrogen-bond donors (Lipinski definition) is 1. The van der Waals surface area contributed by atoms with E-state index in [1.54, 1.807) is 6.92 Å². The van der Waals surface area contributed by atoms with Crippen LogP contribution in [0.2, 0.25) is 0 Å². The number of nitrogens with one attached hydrogen (secondary N) is 1. The van der Waals surface area contributed by atoms with E-state index in [0.717, 1.165) is 25.8 Å². The Morgan fingerprint density at radius 3 is 2.63 bits per heavy atom. The maximum absolute atomic E-state index is 12.0. The Labute approximate surface area is 115 Å². The number of nitrogens with zero attached hydrogens (tertiary/aromatic N) is 1. The monoisotopic (exact) mass is 270 g/mol. The van der Waals surface area contributed by atoms with Crippen LogP contribution in [0.5, 0.6) is 0 Å². The lowest BCUT2D eigenvalue weighted by atomic mass is 10.0. The lowest BCUT2D eigenvalue weighted by Crippen LogP contribution is -2.49. The van der Waals surface area contributed by atoms with Gasteiger partial charge in [0.15, 0.2) is 0 Å². The number of ether oxygens (including phenoxy) is 1. The van der Waals surface area contributed by atoms with Crippen molar-refractivity contribution in [1.82, 2.24) is 10.2 Å². The molecule has 0 aromatic rings. The van der Waals surface area contributed by atoms with Crippen LogP contribution in [-0.4, -0.2) is 48.1 Å². The number of rotatable bonds is 6. The molecule has 0 saturated carbocycles. The second kappa shape index (κ2) is 6.89. The summed E-state index contributed by atoms with van der Waals surface area (Å²) in [5.74, 6) is -0.231. The van der Waals surface area contributed by atoms with E-state index in [1.807, 2.05) is 25.7 Å². The minimum Gasteiger partial charge on any atom is -0.465 e. The van der Waals surface area contributed by atoms with Gasteiger partial charge in [-0.1, -0.05) is 6.92 Å². The zero-order valence-corrected chi connectivity index (χ0v) is 12.5. The fourth-order valence-electron chi connectivity index (χ4n) is 2.21. The second-order valence-corrected chi connectivity index (χ2v) is 5.67. The van der Waals surface area contributed by atoms with E-state index < -0.39 is 0 Å². The first-order chi connectivity index (χ1) is 8.89. The van der Waals surface area contributed by atoms with Gasteiger partial charge in [0.2, 0.25) is 5.91 Å². The summed E-state index contributed by atoms with van der Waals surface area (Å²) >= 11 is 0. The lowest BCUT2D eigenvalue weighted by molar-refractivity contribution is -0.148. The van der Waals surface area contributed by atoms with Crippen LogP contribution in [-0.2, 0) is 14.3 Å². The van der Waals surface area contributed by atoms with Crippen molar-refractivity contribution in [2.75, 3.05) is 19.7 Å². The van der Waals surface area contributed by atoms with Gasteiger partial charge in [0.05, 0.1) is 13.2 Å². The molecule has 0 spiro atoms. The smallest absolute Gasteiger partial charge is 0.323 e. The topological polar surface area (TPSA) is 58.6 Å². The highest BCUT2D eigenvalue weighted by atomic mass is 16.5. The van der Waals surface area contributed by atoms with Crippen LogP contribution in [0.4, 0.5) is 0 Å². The maximum Gasteiger partial charge on any atom is 0.323 e. The van der Waals surface area contributed by atoms with E-state index in [4.69, 9.17) is 4.74 Å². The Bertz CT molecular complexity index is 329. The summed E-state index contributed by atoms with van der Waals surface area (Å²) in [4.78, 5) is 25.7. The predicted octanol–water partition coefficient (Wildman–Crippen LogP) is 1.32. The largest absolute Gasteiger partial charge is 0.465 e. The van der Waals surface area contributed by atoms with Crippen molar-refractivity contribution in [2.45, 2.75) is 58.5 Å². The number of amides is 1. The average molecular weight is 270 g/mol. The molecule has 0 radical (unpaired) electrons. The van der Waals surface area contributed by atoms with Crippen molar-refractivity contribution in [2.24, 2.45) is 0 Å². The minimum absolute atomic E-state index is 0.0250. The molecule has 1 rings (SSSR count). The molecule has 5 nitrogen and oxygen atoms in total. The molecule has 19 heavy (non-hydrogen) atoms. The molecule has 1 atom stereocenters. The van der Waals surface area contributed by atoms with Crippen LogP contribution < -0.4 is 5.32 Å². The molecule has 1 fully saturated rings. The molecule has 1 heterocycles. The van der Waals surface area contributed by atoms with Crippen molar-refractivity contribution < 1.29 is 14.3 Å². The summed E-state index contributed by atoms with van der Waals surface area (Å²) in [6.45, 7) is 9.27. The number of likely N-dealkylation sites (tertiary alicyclic amines) is 1. The highest BCUT2D eigenvalue weighted by Crippen LogP contribution is 2.18. The van der Waals surface area contributed by atoms with Gasteiger partial charge in [-0.15, -0.1) is 0 Å². The standard InChI is InChI=1S/C14H26N2O3/c1-5-14(3,4)15-12(17)10-16-9-7-8-11(16)13(18)19-6-2/h11H,5-10H2,1-4H3,(H,15,17). The first-order valence-corrected chi connectivity index (χ1v) is 7.11. The van der Waals surface area contributed by atoms with E-state index in [9.17, 15) is 9.59 Å². The fraction of sp³-hybridized carbons (Fsp3) is 0.857. The molecular weight excluding hydrogens is 244 g/mol. The molecular formula is C14H26N2O3. The van der Waals surface area contributed by atoms with Crippen LogP contribution in [0.25, 0.3) is 0 Å². The first kappa shape index (κ1) is 16.0. The number of hydrogen-bond acceptors (Lipinski definition) is 4. The summed E-state index contributed by atoms with van der Waals surface area (Å²) in [5, 5.41) is 2.99. The van der Waals surface area contributed by atoms with E-state index in [2.05, 4.69) is 5.32 Å². The van der Waals surface area contributed by atoms with Gasteiger partial charge in [-0.2, -0.15) is 0 Å². The lowest BCUT2D eigenvalue weighted by Gasteiger charge is -2.27. The van der Waals surface area contributed by atoms with Crippen LogP contribution in [0.3, 0.4) is 0 Å². The van der Waals surface area contributed by atoms with E-state index in [1.165, 1.54) is 0 Å². The Kier molecular flexibility index (Phi) is 5.79. The SMILES string of the molecule is CCOC(=O)C1CCCN1CC(=O)NC(C)(C)CC. The van der Waals surface area contributed by atoms with Crippen molar-refractivity contribution in [3.63, 3.8) is 0 Å². The summed E-state index contributed by atoms with van der Waals surface area (Å²) in [7, 11) is 0. The van der Waals surface area contributed by atoms with Crippen LogP contribution in [0.15, 0.2) is 0 Å². The number of carbonyl (C=O) groups excluding carboxylic acids is 2. The van der Waals surface area contributed by atoms with Gasteiger partial charge in [0.25, 0.3) is 0 Å². The molecule has 0 aromatic heterocycles. The summed E-state index contributed by atoms with van der Waals surface area (Å²) in [5.41, 5.74) is -0.198. The highest BCUT2D eigenvalue weighted by molar-refractivity contribution is 5.81. The molecule has 1 unspecified atom stereocenters. The highest BCUT2D eigenvalue weighted by Gasteiger charge is 2.33. The van der Waals surface area contributed by atoms with Gasteiger partial charge in [0, 0.05) is 5.54 Å². The minimum atomic E-state index is -0.254. The van der Waals surface area contributed by atoms with Gasteiger partial charge < -0.3 is 10.1 Å². The second-order valence-electron chi connectivity index (χ2n) is 5.67.